The van der Waals surface area contributed by atoms with E-state index in [2.05, 4.69) is 14.8 Å². The molecule has 0 radical (unpaired) electrons. The van der Waals surface area contributed by atoms with Crippen LogP contribution in [0, 0.1) is 0 Å². The molecule has 0 aliphatic carbocycles. The molecule has 14 heavy (non-hydrogen) atoms. The molecule has 0 aromatic carbocycles. The fourth-order valence-corrected chi connectivity index (χ4v) is 1.56. The lowest BCUT2D eigenvalue weighted by atomic mass is 10.3. The van der Waals surface area contributed by atoms with Gasteiger partial charge in [0.25, 0.3) is 0 Å². The second-order valence-corrected chi connectivity index (χ2v) is 3.40. The maximum Gasteiger partial charge on any atom is 0.191 e. The van der Waals surface area contributed by atoms with Gasteiger partial charge in [0.2, 0.25) is 0 Å². The number of nitrogens with two attached hydrogens (primary N) is 1. The molecule has 1 fully saturated rings. The molecule has 1 saturated heterocycles. The first-order valence-electron chi connectivity index (χ1n) is 4.96. The summed E-state index contributed by atoms with van der Waals surface area (Å²) in [6, 6.07) is 0. The molecule has 0 bridgehead atoms. The molecule has 82 valence electrons. The van der Waals surface area contributed by atoms with Gasteiger partial charge in [-0.05, 0) is 0 Å². The summed E-state index contributed by atoms with van der Waals surface area (Å²) in [4.78, 5) is 8.47. The highest BCUT2D eigenvalue weighted by atomic mass is 16.5. The summed E-state index contributed by atoms with van der Waals surface area (Å²) in [7, 11) is 3.46. The normalized spacial score (nSPS) is 20.1. The van der Waals surface area contributed by atoms with Gasteiger partial charge in [0.15, 0.2) is 5.96 Å². The van der Waals surface area contributed by atoms with Gasteiger partial charge in [-0.1, -0.05) is 0 Å². The van der Waals surface area contributed by atoms with Gasteiger partial charge in [0, 0.05) is 46.9 Å². The minimum Gasteiger partial charge on any atom is -0.383 e. The predicted molar refractivity (Wildman–Crippen MR) is 57.4 cm³/mol. The van der Waals surface area contributed by atoms with Crippen LogP contribution >= 0.6 is 0 Å². The summed E-state index contributed by atoms with van der Waals surface area (Å²) < 4.78 is 5.04. The number of aliphatic imine (C=N–C) groups is 1. The SMILES string of the molecule is CN=C(N)N1CCN(CCOC)CC1. The largest absolute Gasteiger partial charge is 0.383 e. The Morgan fingerprint density at radius 2 is 2.00 bits per heavy atom. The van der Waals surface area contributed by atoms with Crippen molar-refractivity contribution >= 4 is 5.96 Å². The molecule has 0 saturated carbocycles. The number of rotatable bonds is 3. The van der Waals surface area contributed by atoms with Crippen LogP contribution in [0.4, 0.5) is 0 Å². The first-order chi connectivity index (χ1) is 6.77. The van der Waals surface area contributed by atoms with Crippen LogP contribution in [0.15, 0.2) is 4.99 Å². The minimum atomic E-state index is 0.649. The summed E-state index contributed by atoms with van der Waals surface area (Å²) in [6.45, 7) is 5.82. The van der Waals surface area contributed by atoms with Crippen LogP contribution in [0.5, 0.6) is 0 Å². The van der Waals surface area contributed by atoms with Crippen molar-refractivity contribution in [2.24, 2.45) is 10.7 Å². The quantitative estimate of drug-likeness (QED) is 0.478. The van der Waals surface area contributed by atoms with Crippen molar-refractivity contribution in [3.8, 4) is 0 Å². The minimum absolute atomic E-state index is 0.649. The molecule has 0 atom stereocenters. The van der Waals surface area contributed by atoms with Gasteiger partial charge >= 0.3 is 0 Å². The Hall–Kier alpha value is -0.810. The summed E-state index contributed by atoms with van der Waals surface area (Å²) >= 11 is 0. The smallest absolute Gasteiger partial charge is 0.191 e. The maximum atomic E-state index is 5.73. The Kier molecular flexibility index (Phi) is 4.69. The highest BCUT2D eigenvalue weighted by Crippen LogP contribution is 2.00. The second-order valence-electron chi connectivity index (χ2n) is 3.40. The average Bonchev–Trinajstić information content (AvgIpc) is 2.26. The van der Waals surface area contributed by atoms with Gasteiger partial charge in [-0.15, -0.1) is 0 Å². The summed E-state index contributed by atoms with van der Waals surface area (Å²) in [6.07, 6.45) is 0. The van der Waals surface area contributed by atoms with E-state index in [1.54, 1.807) is 14.2 Å². The van der Waals surface area contributed by atoms with E-state index < -0.39 is 0 Å². The Balaban J connectivity index is 2.24. The number of piperazine rings is 1. The molecule has 0 aromatic rings. The molecular weight excluding hydrogens is 180 g/mol. The monoisotopic (exact) mass is 200 g/mol. The van der Waals surface area contributed by atoms with Crippen LogP contribution in [0.1, 0.15) is 0 Å². The van der Waals surface area contributed by atoms with Gasteiger partial charge in [0.05, 0.1) is 6.61 Å². The Morgan fingerprint density at radius 1 is 1.36 bits per heavy atom. The Bertz CT molecular complexity index is 187. The van der Waals surface area contributed by atoms with Crippen LogP contribution in [0.2, 0.25) is 0 Å². The highest BCUT2D eigenvalue weighted by molar-refractivity contribution is 5.77. The van der Waals surface area contributed by atoms with Crippen LogP contribution < -0.4 is 5.73 Å². The average molecular weight is 200 g/mol. The molecule has 2 N–H and O–H groups in total. The molecular formula is C9H20N4O. The van der Waals surface area contributed by atoms with Gasteiger partial charge < -0.3 is 15.4 Å². The Labute approximate surface area is 85.5 Å². The van der Waals surface area contributed by atoms with Crippen molar-refractivity contribution < 1.29 is 4.74 Å². The second kappa shape index (κ2) is 5.82. The van der Waals surface area contributed by atoms with Crippen molar-refractivity contribution in [2.75, 3.05) is 53.5 Å². The van der Waals surface area contributed by atoms with Crippen molar-refractivity contribution in [1.82, 2.24) is 9.80 Å². The third-order valence-corrected chi connectivity index (χ3v) is 2.54. The van der Waals surface area contributed by atoms with Gasteiger partial charge in [-0.3, -0.25) is 9.89 Å². The molecule has 1 heterocycles. The lowest BCUT2D eigenvalue weighted by Crippen LogP contribution is -2.51. The van der Waals surface area contributed by atoms with E-state index in [-0.39, 0.29) is 0 Å². The van der Waals surface area contributed by atoms with Crippen LogP contribution in [0.25, 0.3) is 0 Å². The zero-order valence-corrected chi connectivity index (χ0v) is 9.07. The summed E-state index contributed by atoms with van der Waals surface area (Å²) in [5.74, 6) is 0.649. The third kappa shape index (κ3) is 3.16. The summed E-state index contributed by atoms with van der Waals surface area (Å²) in [5.41, 5.74) is 5.73. The molecule has 1 rings (SSSR count). The molecule has 0 spiro atoms. The number of methoxy groups -OCH3 is 1. The first kappa shape index (κ1) is 11.3. The number of hydrogen-bond acceptors (Lipinski definition) is 3. The molecule has 0 amide bonds. The van der Waals surface area contributed by atoms with E-state index >= 15 is 0 Å². The zero-order chi connectivity index (χ0) is 10.4. The van der Waals surface area contributed by atoms with Crippen molar-refractivity contribution in [1.29, 1.82) is 0 Å². The third-order valence-electron chi connectivity index (χ3n) is 2.54. The van der Waals surface area contributed by atoms with Crippen molar-refractivity contribution in [3.05, 3.63) is 0 Å². The van der Waals surface area contributed by atoms with Gasteiger partial charge in [-0.2, -0.15) is 0 Å². The lowest BCUT2D eigenvalue weighted by Gasteiger charge is -2.34. The standard InChI is InChI=1S/C9H20N4O/c1-11-9(10)13-5-3-12(4-6-13)7-8-14-2/h3-8H2,1-2H3,(H2,10,11). The van der Waals surface area contributed by atoms with Crippen LogP contribution in [0.3, 0.4) is 0 Å². The number of ether oxygens (including phenoxy) is 1. The first-order valence-corrected chi connectivity index (χ1v) is 4.96. The molecule has 5 nitrogen and oxygen atoms in total. The zero-order valence-electron chi connectivity index (χ0n) is 9.07. The number of hydrogen-bond donors (Lipinski definition) is 1. The molecule has 5 heteroatoms. The van der Waals surface area contributed by atoms with E-state index in [1.165, 1.54) is 0 Å². The topological polar surface area (TPSA) is 54.1 Å². The van der Waals surface area contributed by atoms with E-state index in [1.807, 2.05) is 0 Å². The number of guanidine groups is 1. The van der Waals surface area contributed by atoms with Crippen LogP contribution in [-0.4, -0.2) is 69.2 Å². The molecule has 0 unspecified atom stereocenters. The lowest BCUT2D eigenvalue weighted by molar-refractivity contribution is 0.120. The van der Waals surface area contributed by atoms with Crippen LogP contribution in [-0.2, 0) is 4.74 Å². The summed E-state index contributed by atoms with van der Waals surface area (Å²) in [5, 5.41) is 0. The fourth-order valence-electron chi connectivity index (χ4n) is 1.56. The fraction of sp³-hybridized carbons (Fsp3) is 0.889. The highest BCUT2D eigenvalue weighted by Gasteiger charge is 2.17. The van der Waals surface area contributed by atoms with Gasteiger partial charge in [0.1, 0.15) is 0 Å². The maximum absolute atomic E-state index is 5.73. The van der Waals surface area contributed by atoms with Gasteiger partial charge in [-0.25, -0.2) is 0 Å². The molecule has 0 aromatic heterocycles. The predicted octanol–water partition coefficient (Wildman–Crippen LogP) is -0.805. The number of nitrogens with zero attached hydrogens (tertiary/aromatic N) is 3. The molecule has 1 aliphatic rings. The molecule has 1 aliphatic heterocycles. The van der Waals surface area contributed by atoms with E-state index in [0.717, 1.165) is 39.3 Å². The van der Waals surface area contributed by atoms with Crippen molar-refractivity contribution in [3.63, 3.8) is 0 Å². The van der Waals surface area contributed by atoms with Crippen molar-refractivity contribution in [2.45, 2.75) is 0 Å². The van der Waals surface area contributed by atoms with E-state index in [0.29, 0.717) is 5.96 Å². The van der Waals surface area contributed by atoms with E-state index in [9.17, 15) is 0 Å². The van der Waals surface area contributed by atoms with E-state index in [4.69, 9.17) is 10.5 Å². The Morgan fingerprint density at radius 3 is 2.50 bits per heavy atom.